The summed E-state index contributed by atoms with van der Waals surface area (Å²) in [6.45, 7) is 9.38. The van der Waals surface area contributed by atoms with Gasteiger partial charge in [-0.1, -0.05) is 44.4 Å². The van der Waals surface area contributed by atoms with Crippen molar-refractivity contribution in [1.29, 1.82) is 0 Å². The third-order valence-corrected chi connectivity index (χ3v) is 8.06. The molecule has 5 rings (SSSR count). The number of nitrogens with zero attached hydrogens (tertiary/aromatic N) is 5. The second-order valence-corrected chi connectivity index (χ2v) is 10.6. The zero-order valence-corrected chi connectivity index (χ0v) is 22.1. The van der Waals surface area contributed by atoms with Crippen molar-refractivity contribution >= 4 is 26.7 Å². The molecule has 1 saturated carbocycles. The van der Waals surface area contributed by atoms with Gasteiger partial charge in [-0.2, -0.15) is 5.10 Å². The molecule has 4 aromatic rings. The molecule has 1 N–H and O–H groups in total. The molecule has 7 nitrogen and oxygen atoms in total. The fraction of sp³-hybridized carbons (Fsp3) is 0.464. The molecule has 1 aliphatic carbocycles. The molecule has 0 bridgehead atoms. The van der Waals surface area contributed by atoms with Gasteiger partial charge in [0.05, 0.1) is 29.2 Å². The molecular formula is C28H36N6OS. The lowest BCUT2D eigenvalue weighted by molar-refractivity contribution is 0.285. The van der Waals surface area contributed by atoms with Gasteiger partial charge in [0.25, 0.3) is 0 Å². The highest BCUT2D eigenvalue weighted by atomic mass is 32.1. The Balaban J connectivity index is 1.22. The SMILES string of the molecule is CCN(CC)CCn1cc(-c2cncc(Oc3ccc4nc(NCC5CCCCC5)sc4c3)c2)cn1. The average Bonchev–Trinajstić information content (AvgIpc) is 3.56. The third-order valence-electron chi connectivity index (χ3n) is 7.08. The lowest BCUT2D eigenvalue weighted by atomic mass is 9.89. The van der Waals surface area contributed by atoms with Crippen LogP contribution in [0.5, 0.6) is 11.5 Å². The van der Waals surface area contributed by atoms with Crippen LogP contribution in [0.2, 0.25) is 0 Å². The van der Waals surface area contributed by atoms with Gasteiger partial charge in [0.1, 0.15) is 11.5 Å². The lowest BCUT2D eigenvalue weighted by Crippen LogP contribution is -2.27. The van der Waals surface area contributed by atoms with E-state index in [0.29, 0.717) is 5.75 Å². The van der Waals surface area contributed by atoms with Gasteiger partial charge in [-0.05, 0) is 50.0 Å². The first-order valence-electron chi connectivity index (χ1n) is 13.2. The summed E-state index contributed by atoms with van der Waals surface area (Å²) in [6, 6.07) is 8.10. The van der Waals surface area contributed by atoms with Crippen molar-refractivity contribution in [2.45, 2.75) is 52.5 Å². The maximum absolute atomic E-state index is 6.19. The number of anilines is 1. The largest absolute Gasteiger partial charge is 0.456 e. The smallest absolute Gasteiger partial charge is 0.183 e. The first-order valence-corrected chi connectivity index (χ1v) is 14.0. The van der Waals surface area contributed by atoms with Crippen molar-refractivity contribution in [3.63, 3.8) is 0 Å². The summed E-state index contributed by atoms with van der Waals surface area (Å²) in [6.07, 6.45) is 14.4. The van der Waals surface area contributed by atoms with Gasteiger partial charge in [0, 0.05) is 42.7 Å². The molecular weight excluding hydrogens is 468 g/mol. The van der Waals surface area contributed by atoms with Crippen LogP contribution in [-0.2, 0) is 6.54 Å². The first-order chi connectivity index (χ1) is 17.7. The van der Waals surface area contributed by atoms with Crippen molar-refractivity contribution in [1.82, 2.24) is 24.6 Å². The number of nitrogens with one attached hydrogen (secondary N) is 1. The topological polar surface area (TPSA) is 68.1 Å². The Morgan fingerprint density at radius 2 is 1.89 bits per heavy atom. The molecule has 0 radical (unpaired) electrons. The molecule has 3 heterocycles. The van der Waals surface area contributed by atoms with Crippen LogP contribution in [-0.4, -0.2) is 50.8 Å². The summed E-state index contributed by atoms with van der Waals surface area (Å²) in [7, 11) is 0. The van der Waals surface area contributed by atoms with E-state index in [-0.39, 0.29) is 0 Å². The number of ether oxygens (including phenoxy) is 1. The Kier molecular flexibility index (Phi) is 8.13. The Hall–Kier alpha value is -2.97. The van der Waals surface area contributed by atoms with E-state index in [1.165, 1.54) is 32.1 Å². The van der Waals surface area contributed by atoms with Crippen molar-refractivity contribution < 1.29 is 4.74 Å². The quantitative estimate of drug-likeness (QED) is 0.246. The molecule has 0 unspecified atom stereocenters. The summed E-state index contributed by atoms with van der Waals surface area (Å²) in [5.41, 5.74) is 3.04. The summed E-state index contributed by atoms with van der Waals surface area (Å²) < 4.78 is 9.31. The van der Waals surface area contributed by atoms with Gasteiger partial charge in [0.15, 0.2) is 5.13 Å². The van der Waals surface area contributed by atoms with Crippen LogP contribution < -0.4 is 10.1 Å². The summed E-state index contributed by atoms with van der Waals surface area (Å²) in [5, 5.41) is 9.10. The maximum atomic E-state index is 6.19. The average molecular weight is 505 g/mol. The molecule has 8 heteroatoms. The summed E-state index contributed by atoms with van der Waals surface area (Å²) in [4.78, 5) is 11.6. The van der Waals surface area contributed by atoms with E-state index in [2.05, 4.69) is 46.4 Å². The minimum atomic E-state index is 0.711. The van der Waals surface area contributed by atoms with Crippen LogP contribution in [0, 0.1) is 5.92 Å². The fourth-order valence-electron chi connectivity index (χ4n) is 4.85. The van der Waals surface area contributed by atoms with Gasteiger partial charge in [-0.25, -0.2) is 4.98 Å². The number of hydrogen-bond acceptors (Lipinski definition) is 7. The highest BCUT2D eigenvalue weighted by Gasteiger charge is 2.14. The highest BCUT2D eigenvalue weighted by Crippen LogP contribution is 2.33. The van der Waals surface area contributed by atoms with E-state index in [1.54, 1.807) is 17.5 Å². The van der Waals surface area contributed by atoms with Crippen LogP contribution in [0.3, 0.4) is 0 Å². The first kappa shape index (κ1) is 24.7. The number of thiazole rings is 1. The second-order valence-electron chi connectivity index (χ2n) is 9.56. The van der Waals surface area contributed by atoms with Crippen molar-refractivity contribution in [3.8, 4) is 22.6 Å². The normalized spacial score (nSPS) is 14.5. The molecule has 0 aliphatic heterocycles. The van der Waals surface area contributed by atoms with Crippen LogP contribution >= 0.6 is 11.3 Å². The number of likely N-dealkylation sites (N-methyl/N-ethyl adjacent to an activating group) is 1. The lowest BCUT2D eigenvalue weighted by Gasteiger charge is -2.21. The van der Waals surface area contributed by atoms with Crippen molar-refractivity contribution in [2.75, 3.05) is 31.5 Å². The van der Waals surface area contributed by atoms with E-state index in [1.807, 2.05) is 35.3 Å². The molecule has 36 heavy (non-hydrogen) atoms. The Bertz CT molecular complexity index is 1260. The minimum Gasteiger partial charge on any atom is -0.456 e. The summed E-state index contributed by atoms with van der Waals surface area (Å²) in [5.74, 6) is 2.28. The Morgan fingerprint density at radius 1 is 1.03 bits per heavy atom. The van der Waals surface area contributed by atoms with Gasteiger partial charge >= 0.3 is 0 Å². The highest BCUT2D eigenvalue weighted by molar-refractivity contribution is 7.22. The standard InChI is InChI=1S/C28H36N6OS/c1-3-33(4-2)12-13-34-20-23(18-31-34)22-14-25(19-29-17-22)35-24-10-11-26-27(15-24)36-28(32-26)30-16-21-8-6-5-7-9-21/h10-11,14-15,17-21H,3-9,12-13,16H2,1-2H3,(H,30,32). The Morgan fingerprint density at radius 3 is 2.72 bits per heavy atom. The molecule has 3 aromatic heterocycles. The van der Waals surface area contributed by atoms with Gasteiger partial charge < -0.3 is 15.0 Å². The molecule has 190 valence electrons. The van der Waals surface area contributed by atoms with Crippen molar-refractivity contribution in [3.05, 3.63) is 49.1 Å². The molecule has 0 spiro atoms. The third kappa shape index (κ3) is 6.23. The van der Waals surface area contributed by atoms with Gasteiger partial charge in [-0.3, -0.25) is 9.67 Å². The zero-order valence-electron chi connectivity index (χ0n) is 21.3. The van der Waals surface area contributed by atoms with Gasteiger partial charge in [-0.15, -0.1) is 0 Å². The molecule has 1 aromatic carbocycles. The van der Waals surface area contributed by atoms with Crippen LogP contribution in [0.15, 0.2) is 49.1 Å². The predicted octanol–water partition coefficient (Wildman–Crippen LogP) is 6.68. The minimum absolute atomic E-state index is 0.711. The fourth-order valence-corrected chi connectivity index (χ4v) is 5.76. The van der Waals surface area contributed by atoms with Crippen LogP contribution in [0.25, 0.3) is 21.3 Å². The van der Waals surface area contributed by atoms with E-state index in [9.17, 15) is 0 Å². The Labute approximate surface area is 217 Å². The number of pyridine rings is 1. The number of benzene rings is 1. The van der Waals surface area contributed by atoms with Crippen LogP contribution in [0.4, 0.5) is 5.13 Å². The number of hydrogen-bond donors (Lipinski definition) is 1. The molecule has 1 aliphatic rings. The maximum Gasteiger partial charge on any atom is 0.183 e. The van der Waals surface area contributed by atoms with E-state index in [4.69, 9.17) is 9.72 Å². The van der Waals surface area contributed by atoms with E-state index >= 15 is 0 Å². The second kappa shape index (κ2) is 11.8. The summed E-state index contributed by atoms with van der Waals surface area (Å²) >= 11 is 1.69. The number of rotatable bonds is 11. The molecule has 0 atom stereocenters. The van der Waals surface area contributed by atoms with Crippen molar-refractivity contribution in [2.24, 2.45) is 5.92 Å². The zero-order chi connectivity index (χ0) is 24.7. The number of fused-ring (bicyclic) bond motifs is 1. The molecule has 1 fully saturated rings. The molecule has 0 saturated heterocycles. The van der Waals surface area contributed by atoms with Gasteiger partial charge in [0.2, 0.25) is 0 Å². The van der Waals surface area contributed by atoms with E-state index < -0.39 is 0 Å². The predicted molar refractivity (Wildman–Crippen MR) is 148 cm³/mol. The number of aromatic nitrogens is 4. The molecule has 0 amide bonds. The van der Waals surface area contributed by atoms with E-state index in [0.717, 1.165) is 70.9 Å². The van der Waals surface area contributed by atoms with Crippen LogP contribution in [0.1, 0.15) is 46.0 Å². The monoisotopic (exact) mass is 504 g/mol.